The number of nitrogens with zero attached hydrogens (tertiary/aromatic N) is 1. The Morgan fingerprint density at radius 1 is 0.971 bits per heavy atom. The maximum atomic E-state index is 12.5. The first-order valence-corrected chi connectivity index (χ1v) is 12.6. The number of halogens is 2. The first-order chi connectivity index (χ1) is 16.4. The zero-order valence-electron chi connectivity index (χ0n) is 17.7. The molecule has 34 heavy (non-hydrogen) atoms. The van der Waals surface area contributed by atoms with E-state index in [-0.39, 0.29) is 4.88 Å². The second-order valence-corrected chi connectivity index (χ2v) is 10.5. The van der Waals surface area contributed by atoms with Gasteiger partial charge in [-0.1, -0.05) is 35.3 Å². The lowest BCUT2D eigenvalue weighted by atomic mass is 10.2. The number of ether oxygens (including phenoxy) is 1. The summed E-state index contributed by atoms with van der Waals surface area (Å²) in [6.45, 7) is 1.63. The van der Waals surface area contributed by atoms with Gasteiger partial charge in [-0.3, -0.25) is 4.79 Å². The summed E-state index contributed by atoms with van der Waals surface area (Å²) in [5.74, 6) is -1.10. The van der Waals surface area contributed by atoms with Gasteiger partial charge in [0, 0.05) is 26.4 Å². The number of anilines is 1. The van der Waals surface area contributed by atoms with E-state index in [2.05, 4.69) is 23.3 Å². The fourth-order valence-electron chi connectivity index (χ4n) is 3.42. The number of benzene rings is 3. The molecule has 1 N–H and O–H groups in total. The van der Waals surface area contributed by atoms with Crippen molar-refractivity contribution in [3.8, 4) is 10.6 Å². The van der Waals surface area contributed by atoms with Crippen molar-refractivity contribution in [1.29, 1.82) is 0 Å². The van der Waals surface area contributed by atoms with Crippen LogP contribution in [0.4, 0.5) is 5.69 Å². The van der Waals surface area contributed by atoms with Gasteiger partial charge >= 0.3 is 5.97 Å². The van der Waals surface area contributed by atoms with Crippen LogP contribution in [0.15, 0.2) is 60.7 Å². The number of thiazole rings is 1. The van der Waals surface area contributed by atoms with Crippen LogP contribution in [0.5, 0.6) is 0 Å². The number of aryl methyl sites for hydroxylation is 1. The monoisotopic (exact) mass is 526 g/mol. The van der Waals surface area contributed by atoms with Gasteiger partial charge in [-0.15, -0.1) is 22.7 Å². The summed E-state index contributed by atoms with van der Waals surface area (Å²) >= 11 is 15.1. The number of amides is 1. The molecule has 1 amide bonds. The van der Waals surface area contributed by atoms with Crippen molar-refractivity contribution < 1.29 is 14.3 Å². The normalized spacial score (nSPS) is 11.1. The molecule has 0 aliphatic carbocycles. The largest absolute Gasteiger partial charge is 0.451 e. The van der Waals surface area contributed by atoms with E-state index in [0.717, 1.165) is 30.9 Å². The first-order valence-electron chi connectivity index (χ1n) is 10.2. The van der Waals surface area contributed by atoms with Crippen LogP contribution in [0.2, 0.25) is 10.0 Å². The molecule has 0 atom stereocenters. The van der Waals surface area contributed by atoms with Gasteiger partial charge in [-0.25, -0.2) is 9.78 Å². The average Bonchev–Trinajstić information content (AvgIpc) is 3.38. The maximum Gasteiger partial charge on any atom is 0.350 e. The number of esters is 1. The molecule has 0 saturated heterocycles. The molecule has 0 saturated carbocycles. The molecule has 0 aliphatic heterocycles. The Hall–Kier alpha value is -2.97. The van der Waals surface area contributed by atoms with Crippen LogP contribution in [-0.4, -0.2) is 23.5 Å². The topological polar surface area (TPSA) is 68.3 Å². The van der Waals surface area contributed by atoms with Crippen LogP contribution in [0.3, 0.4) is 0 Å². The van der Waals surface area contributed by atoms with E-state index in [1.807, 2.05) is 24.3 Å². The van der Waals surface area contributed by atoms with Gasteiger partial charge in [0.2, 0.25) is 0 Å². The van der Waals surface area contributed by atoms with Gasteiger partial charge in [0.05, 0.1) is 15.2 Å². The van der Waals surface area contributed by atoms with Gasteiger partial charge in [-0.2, -0.15) is 0 Å². The molecule has 0 aliphatic rings. The molecule has 0 fully saturated rings. The summed E-state index contributed by atoms with van der Waals surface area (Å²) < 4.78 is 7.08. The third kappa shape index (κ3) is 4.65. The summed E-state index contributed by atoms with van der Waals surface area (Å²) in [6.07, 6.45) is 0. The summed E-state index contributed by atoms with van der Waals surface area (Å²) in [5, 5.41) is 5.20. The highest BCUT2D eigenvalue weighted by atomic mass is 35.5. The highest BCUT2D eigenvalue weighted by Crippen LogP contribution is 2.37. The third-order valence-electron chi connectivity index (χ3n) is 5.07. The van der Waals surface area contributed by atoms with Crippen molar-refractivity contribution in [1.82, 2.24) is 4.98 Å². The molecule has 2 aromatic heterocycles. The Morgan fingerprint density at radius 3 is 2.56 bits per heavy atom. The van der Waals surface area contributed by atoms with E-state index in [1.165, 1.54) is 16.9 Å². The van der Waals surface area contributed by atoms with Gasteiger partial charge in [0.25, 0.3) is 5.91 Å². The molecule has 170 valence electrons. The standard InChI is InChI=1S/C25H16Cl2N2O3S2/c1-13-2-9-18-20(10-13)34-24(29-18)14-3-6-16(7-4-14)28-21(30)12-32-25(31)23-22(27)17-8-5-15(26)11-19(17)33-23/h2-11H,12H2,1H3,(H,28,30). The summed E-state index contributed by atoms with van der Waals surface area (Å²) in [5.41, 5.74) is 3.71. The van der Waals surface area contributed by atoms with Gasteiger partial charge < -0.3 is 10.1 Å². The van der Waals surface area contributed by atoms with Crippen LogP contribution in [0.25, 0.3) is 30.9 Å². The molecular formula is C25H16Cl2N2O3S2. The number of fused-ring (bicyclic) bond motifs is 2. The minimum absolute atomic E-state index is 0.238. The molecule has 5 nitrogen and oxygen atoms in total. The summed E-state index contributed by atoms with van der Waals surface area (Å²) in [7, 11) is 0. The van der Waals surface area contributed by atoms with E-state index >= 15 is 0 Å². The Kier molecular flexibility index (Phi) is 6.27. The first kappa shape index (κ1) is 22.8. The minimum atomic E-state index is -0.654. The molecule has 5 rings (SSSR count). The average molecular weight is 527 g/mol. The van der Waals surface area contributed by atoms with E-state index in [0.29, 0.717) is 15.7 Å². The Labute approximate surface area is 212 Å². The Balaban J connectivity index is 1.21. The molecule has 0 unspecified atom stereocenters. The molecule has 5 aromatic rings. The lowest BCUT2D eigenvalue weighted by Gasteiger charge is -2.07. The number of rotatable bonds is 5. The molecular weight excluding hydrogens is 511 g/mol. The van der Waals surface area contributed by atoms with Crippen molar-refractivity contribution in [2.45, 2.75) is 6.92 Å². The van der Waals surface area contributed by atoms with E-state index in [9.17, 15) is 9.59 Å². The summed E-state index contributed by atoms with van der Waals surface area (Å²) in [6, 6.07) is 18.7. The predicted octanol–water partition coefficient (Wildman–Crippen LogP) is 7.59. The van der Waals surface area contributed by atoms with Crippen LogP contribution in [-0.2, 0) is 9.53 Å². The second-order valence-electron chi connectivity index (χ2n) is 7.58. The Bertz CT molecular complexity index is 1560. The molecule has 9 heteroatoms. The minimum Gasteiger partial charge on any atom is -0.451 e. The quantitative estimate of drug-likeness (QED) is 0.239. The molecule has 0 spiro atoms. The lowest BCUT2D eigenvalue weighted by Crippen LogP contribution is -2.20. The van der Waals surface area contributed by atoms with Gasteiger partial charge in [0.1, 0.15) is 9.88 Å². The highest BCUT2D eigenvalue weighted by Gasteiger charge is 2.19. The van der Waals surface area contributed by atoms with Gasteiger partial charge in [0.15, 0.2) is 6.61 Å². The molecule has 3 aromatic carbocycles. The number of thiophene rings is 1. The molecule has 0 bridgehead atoms. The highest BCUT2D eigenvalue weighted by molar-refractivity contribution is 7.22. The van der Waals surface area contributed by atoms with E-state index in [1.54, 1.807) is 41.7 Å². The molecule has 2 heterocycles. The SMILES string of the molecule is Cc1ccc2nc(-c3ccc(NC(=O)COC(=O)c4sc5cc(Cl)ccc5c4Cl)cc3)sc2c1. The predicted molar refractivity (Wildman–Crippen MR) is 141 cm³/mol. The summed E-state index contributed by atoms with van der Waals surface area (Å²) in [4.78, 5) is 29.7. The number of carbonyl (C=O) groups is 2. The fourth-order valence-corrected chi connectivity index (χ4v) is 6.16. The number of nitrogens with one attached hydrogen (secondary N) is 1. The van der Waals surface area contributed by atoms with Crippen LogP contribution >= 0.6 is 45.9 Å². The third-order valence-corrected chi connectivity index (χ3v) is 8.01. The molecule has 0 radical (unpaired) electrons. The van der Waals surface area contributed by atoms with Gasteiger partial charge in [-0.05, 0) is 61.0 Å². The number of hydrogen-bond acceptors (Lipinski definition) is 6. The van der Waals surface area contributed by atoms with Crippen molar-refractivity contribution in [2.24, 2.45) is 0 Å². The van der Waals surface area contributed by atoms with Crippen LogP contribution in [0, 0.1) is 6.92 Å². The van der Waals surface area contributed by atoms with E-state index < -0.39 is 18.5 Å². The lowest BCUT2D eigenvalue weighted by molar-refractivity contribution is -0.119. The number of aromatic nitrogens is 1. The number of carbonyl (C=O) groups excluding carboxylic acids is 2. The van der Waals surface area contributed by atoms with Crippen LogP contribution < -0.4 is 5.32 Å². The number of hydrogen-bond donors (Lipinski definition) is 1. The zero-order chi connectivity index (χ0) is 23.8. The van der Waals surface area contributed by atoms with Crippen molar-refractivity contribution in [3.05, 3.63) is 81.1 Å². The van der Waals surface area contributed by atoms with Crippen molar-refractivity contribution in [3.63, 3.8) is 0 Å². The second kappa shape index (κ2) is 9.35. The fraction of sp³-hybridized carbons (Fsp3) is 0.0800. The Morgan fingerprint density at radius 2 is 1.76 bits per heavy atom. The smallest absolute Gasteiger partial charge is 0.350 e. The maximum absolute atomic E-state index is 12.5. The van der Waals surface area contributed by atoms with Crippen molar-refractivity contribution >= 4 is 83.7 Å². The van der Waals surface area contributed by atoms with E-state index in [4.69, 9.17) is 27.9 Å². The zero-order valence-corrected chi connectivity index (χ0v) is 20.9. The van der Waals surface area contributed by atoms with Crippen LogP contribution in [0.1, 0.15) is 15.2 Å². The van der Waals surface area contributed by atoms with Crippen molar-refractivity contribution in [2.75, 3.05) is 11.9 Å².